The van der Waals surface area contributed by atoms with E-state index in [-0.39, 0.29) is 23.6 Å². The lowest BCUT2D eigenvalue weighted by Crippen LogP contribution is -2.29. The smallest absolute Gasteiger partial charge is 0.227 e. The third-order valence-corrected chi connectivity index (χ3v) is 2.51. The van der Waals surface area contributed by atoms with Gasteiger partial charge in [-0.05, 0) is 32.0 Å². The fourth-order valence-electron chi connectivity index (χ4n) is 1.34. The Morgan fingerprint density at radius 2 is 2.22 bits per heavy atom. The first-order valence-corrected chi connectivity index (χ1v) is 5.42. The van der Waals surface area contributed by atoms with Gasteiger partial charge in [-0.1, -0.05) is 0 Å². The highest BCUT2D eigenvalue weighted by molar-refractivity contribution is 5.91. The molecule has 1 aromatic carbocycles. The molecule has 0 radical (unpaired) electrons. The molecule has 5 heteroatoms. The third kappa shape index (κ3) is 3.82. The molecule has 0 aromatic heterocycles. The molecule has 96 valence electrons. The first-order chi connectivity index (χ1) is 8.38. The number of nitrogens with one attached hydrogen (secondary N) is 1. The maximum absolute atomic E-state index is 13.5. The fraction of sp³-hybridized carbons (Fsp3) is 0.385. The Morgan fingerprint density at radius 3 is 2.72 bits per heavy atom. The number of rotatable bonds is 4. The fourth-order valence-corrected chi connectivity index (χ4v) is 1.34. The highest BCUT2D eigenvalue weighted by Gasteiger charge is 2.21. The van der Waals surface area contributed by atoms with Gasteiger partial charge in [0.1, 0.15) is 5.82 Å². The molecular formula is C13H15FN2O2. The molecule has 1 rings (SSSR count). The molecule has 0 aliphatic heterocycles. The van der Waals surface area contributed by atoms with Gasteiger partial charge in [-0.15, -0.1) is 0 Å². The van der Waals surface area contributed by atoms with Gasteiger partial charge >= 0.3 is 0 Å². The van der Waals surface area contributed by atoms with E-state index < -0.39 is 11.4 Å². The van der Waals surface area contributed by atoms with Crippen molar-refractivity contribution in [2.75, 3.05) is 12.4 Å². The first-order valence-electron chi connectivity index (χ1n) is 5.42. The molecule has 0 fully saturated rings. The Bertz CT molecular complexity index is 492. The predicted octanol–water partition coefficient (Wildman–Crippen LogP) is 2.45. The number of anilines is 1. The molecule has 0 aliphatic rings. The van der Waals surface area contributed by atoms with E-state index in [0.29, 0.717) is 0 Å². The lowest BCUT2D eigenvalue weighted by Gasteiger charge is -2.22. The van der Waals surface area contributed by atoms with Crippen molar-refractivity contribution >= 4 is 11.6 Å². The number of ether oxygens (including phenoxy) is 1. The van der Waals surface area contributed by atoms with Crippen LogP contribution in [0.4, 0.5) is 10.1 Å². The molecule has 1 N–H and O–H groups in total. The summed E-state index contributed by atoms with van der Waals surface area (Å²) in [5.41, 5.74) is -0.332. The second-order valence-electron chi connectivity index (χ2n) is 4.50. The topological polar surface area (TPSA) is 62.1 Å². The maximum Gasteiger partial charge on any atom is 0.227 e. The maximum atomic E-state index is 13.5. The molecule has 0 aliphatic carbocycles. The zero-order valence-corrected chi connectivity index (χ0v) is 10.6. The molecule has 0 unspecified atom stereocenters. The summed E-state index contributed by atoms with van der Waals surface area (Å²) in [6, 6.07) is 5.71. The number of benzene rings is 1. The van der Waals surface area contributed by atoms with Crippen LogP contribution in [0.1, 0.15) is 25.8 Å². The number of methoxy groups -OCH3 is 1. The Morgan fingerprint density at radius 1 is 1.56 bits per heavy atom. The van der Waals surface area contributed by atoms with Crippen LogP contribution in [0.5, 0.6) is 0 Å². The van der Waals surface area contributed by atoms with E-state index in [4.69, 9.17) is 10.00 Å². The van der Waals surface area contributed by atoms with Crippen molar-refractivity contribution in [3.05, 3.63) is 29.6 Å². The Hall–Kier alpha value is -1.93. The number of carbonyl (C=O) groups excluding carboxylic acids is 1. The minimum absolute atomic E-state index is 0.0610. The number of nitriles is 1. The summed E-state index contributed by atoms with van der Waals surface area (Å²) in [5, 5.41) is 11.0. The van der Waals surface area contributed by atoms with E-state index in [1.165, 1.54) is 19.2 Å². The second-order valence-corrected chi connectivity index (χ2v) is 4.50. The molecule has 0 saturated carbocycles. The van der Waals surface area contributed by atoms with Crippen molar-refractivity contribution in [1.82, 2.24) is 0 Å². The van der Waals surface area contributed by atoms with Gasteiger partial charge in [-0.3, -0.25) is 4.79 Å². The van der Waals surface area contributed by atoms with Crippen molar-refractivity contribution in [3.63, 3.8) is 0 Å². The summed E-state index contributed by atoms with van der Waals surface area (Å²) in [7, 11) is 1.51. The minimum Gasteiger partial charge on any atom is -0.378 e. The van der Waals surface area contributed by atoms with Gasteiger partial charge in [0.05, 0.1) is 29.3 Å². The van der Waals surface area contributed by atoms with E-state index >= 15 is 0 Å². The van der Waals surface area contributed by atoms with Crippen molar-refractivity contribution in [2.45, 2.75) is 25.9 Å². The zero-order valence-electron chi connectivity index (χ0n) is 10.6. The van der Waals surface area contributed by atoms with Crippen LogP contribution in [0.25, 0.3) is 0 Å². The van der Waals surface area contributed by atoms with Crippen LogP contribution in [-0.4, -0.2) is 18.6 Å². The Balaban J connectivity index is 2.74. The van der Waals surface area contributed by atoms with Gasteiger partial charge in [-0.2, -0.15) is 5.26 Å². The Kier molecular flexibility index (Phi) is 4.40. The van der Waals surface area contributed by atoms with Crippen molar-refractivity contribution in [3.8, 4) is 6.07 Å². The number of carbonyl (C=O) groups is 1. The zero-order chi connectivity index (χ0) is 13.8. The standard InChI is InChI=1S/C13H15FN2O2/c1-13(2,18-3)7-12(17)16-11-5-4-9(8-15)6-10(11)14/h4-6H,7H2,1-3H3,(H,16,17). The van der Waals surface area contributed by atoms with Crippen LogP contribution < -0.4 is 5.32 Å². The number of hydrogen-bond acceptors (Lipinski definition) is 3. The minimum atomic E-state index is -0.627. The molecule has 1 aromatic rings. The SMILES string of the molecule is COC(C)(C)CC(=O)Nc1ccc(C#N)cc1F. The molecule has 4 nitrogen and oxygen atoms in total. The number of hydrogen-bond donors (Lipinski definition) is 1. The van der Waals surface area contributed by atoms with Gasteiger partial charge in [0.2, 0.25) is 5.91 Å². The van der Waals surface area contributed by atoms with Gasteiger partial charge < -0.3 is 10.1 Å². The molecule has 0 bridgehead atoms. The molecule has 18 heavy (non-hydrogen) atoms. The van der Waals surface area contributed by atoms with Crippen molar-refractivity contribution < 1.29 is 13.9 Å². The highest BCUT2D eigenvalue weighted by atomic mass is 19.1. The predicted molar refractivity (Wildman–Crippen MR) is 65.4 cm³/mol. The molecule has 0 spiro atoms. The Labute approximate surface area is 105 Å². The average molecular weight is 250 g/mol. The van der Waals surface area contributed by atoms with E-state index in [1.54, 1.807) is 13.8 Å². The van der Waals surface area contributed by atoms with Gasteiger partial charge in [-0.25, -0.2) is 4.39 Å². The van der Waals surface area contributed by atoms with Crippen LogP contribution in [0.2, 0.25) is 0 Å². The number of amides is 1. The second kappa shape index (κ2) is 5.61. The van der Waals surface area contributed by atoms with Crippen LogP contribution in [0.15, 0.2) is 18.2 Å². The van der Waals surface area contributed by atoms with Crippen LogP contribution >= 0.6 is 0 Å². The van der Waals surface area contributed by atoms with Crippen molar-refractivity contribution in [1.29, 1.82) is 5.26 Å². The normalized spacial score (nSPS) is 10.8. The summed E-state index contributed by atoms with van der Waals surface area (Å²) >= 11 is 0. The molecule has 1 amide bonds. The summed E-state index contributed by atoms with van der Waals surface area (Å²) in [4.78, 5) is 11.7. The quantitative estimate of drug-likeness (QED) is 0.892. The summed E-state index contributed by atoms with van der Waals surface area (Å²) in [6.07, 6.45) is 0.114. The van der Waals surface area contributed by atoms with E-state index in [0.717, 1.165) is 6.07 Å². The lowest BCUT2D eigenvalue weighted by atomic mass is 10.0. The largest absolute Gasteiger partial charge is 0.378 e. The van der Waals surface area contributed by atoms with Gasteiger partial charge in [0.15, 0.2) is 0 Å². The van der Waals surface area contributed by atoms with Crippen LogP contribution in [0.3, 0.4) is 0 Å². The molecular weight excluding hydrogens is 235 g/mol. The van der Waals surface area contributed by atoms with Gasteiger partial charge in [0.25, 0.3) is 0 Å². The van der Waals surface area contributed by atoms with Crippen LogP contribution in [-0.2, 0) is 9.53 Å². The molecule has 0 heterocycles. The molecule has 0 atom stereocenters. The average Bonchev–Trinajstić information content (AvgIpc) is 2.31. The van der Waals surface area contributed by atoms with Gasteiger partial charge in [0, 0.05) is 7.11 Å². The van der Waals surface area contributed by atoms with Crippen LogP contribution in [0, 0.1) is 17.1 Å². The highest BCUT2D eigenvalue weighted by Crippen LogP contribution is 2.18. The summed E-state index contributed by atoms with van der Waals surface area (Å²) in [5.74, 6) is -0.969. The van der Waals surface area contributed by atoms with E-state index in [1.807, 2.05) is 6.07 Å². The monoisotopic (exact) mass is 250 g/mol. The third-order valence-electron chi connectivity index (χ3n) is 2.51. The molecule has 0 saturated heterocycles. The van der Waals surface area contributed by atoms with Crippen molar-refractivity contribution in [2.24, 2.45) is 0 Å². The summed E-state index contributed by atoms with van der Waals surface area (Å²) in [6.45, 7) is 3.53. The first kappa shape index (κ1) is 14.1. The van der Waals surface area contributed by atoms with E-state index in [2.05, 4.69) is 5.32 Å². The number of nitrogens with zero attached hydrogens (tertiary/aromatic N) is 1. The van der Waals surface area contributed by atoms with E-state index in [9.17, 15) is 9.18 Å². The lowest BCUT2D eigenvalue weighted by molar-refractivity contribution is -0.121. The summed E-state index contributed by atoms with van der Waals surface area (Å²) < 4.78 is 18.6. The number of halogens is 1.